The Balaban J connectivity index is 1.25. The Labute approximate surface area is 167 Å². The predicted molar refractivity (Wildman–Crippen MR) is 101 cm³/mol. The lowest BCUT2D eigenvalue weighted by Gasteiger charge is -2.31. The number of halogens is 1. The molecule has 4 aliphatic rings. The van der Waals surface area contributed by atoms with Crippen molar-refractivity contribution in [3.63, 3.8) is 0 Å². The van der Waals surface area contributed by atoms with Gasteiger partial charge in [0.15, 0.2) is 5.82 Å². The fourth-order valence-electron chi connectivity index (χ4n) is 5.86. The molecule has 1 aromatic heterocycles. The predicted octanol–water partition coefficient (Wildman–Crippen LogP) is 2.57. The number of hydrogen-bond donors (Lipinski definition) is 1. The zero-order valence-electron chi connectivity index (χ0n) is 16.2. The van der Waals surface area contributed by atoms with E-state index < -0.39 is 5.82 Å². The van der Waals surface area contributed by atoms with Crippen molar-refractivity contribution in [3.05, 3.63) is 29.8 Å². The van der Waals surface area contributed by atoms with Crippen molar-refractivity contribution in [2.45, 2.75) is 43.7 Å². The van der Waals surface area contributed by atoms with Crippen molar-refractivity contribution in [3.8, 4) is 5.69 Å². The average Bonchev–Trinajstić information content (AvgIpc) is 3.05. The number of anilines is 1. The summed E-state index contributed by atoms with van der Waals surface area (Å²) in [6.07, 6.45) is 4.45. The van der Waals surface area contributed by atoms with Crippen LogP contribution < -0.4 is 5.32 Å². The van der Waals surface area contributed by atoms with Crippen LogP contribution in [-0.2, 0) is 4.74 Å². The lowest BCUT2D eigenvalue weighted by Crippen LogP contribution is -2.46. The van der Waals surface area contributed by atoms with Crippen molar-refractivity contribution < 1.29 is 13.9 Å². The first kappa shape index (κ1) is 17.3. The van der Waals surface area contributed by atoms with Gasteiger partial charge in [-0.05, 0) is 72.1 Å². The second-order valence-electron chi connectivity index (χ2n) is 8.82. The van der Waals surface area contributed by atoms with Gasteiger partial charge in [-0.2, -0.15) is 4.68 Å². The molecular formula is C20H23FN6O2. The molecule has 4 fully saturated rings. The first-order valence-corrected chi connectivity index (χ1v) is 10.3. The first-order valence-electron chi connectivity index (χ1n) is 10.3. The largest absolute Gasteiger partial charge is 0.379 e. The molecule has 6 rings (SSSR count). The van der Waals surface area contributed by atoms with E-state index in [2.05, 4.69) is 20.8 Å². The van der Waals surface area contributed by atoms with E-state index >= 15 is 0 Å². The Hall–Kier alpha value is -2.55. The minimum absolute atomic E-state index is 0.121. The molecule has 2 bridgehead atoms. The molecule has 152 valence electrons. The van der Waals surface area contributed by atoms with Crippen LogP contribution in [0.3, 0.4) is 0 Å². The van der Waals surface area contributed by atoms with Gasteiger partial charge in [0.1, 0.15) is 11.5 Å². The molecule has 8 nitrogen and oxygen atoms in total. The molecule has 5 atom stereocenters. The molecule has 0 radical (unpaired) electrons. The minimum Gasteiger partial charge on any atom is -0.379 e. The molecular weight excluding hydrogens is 375 g/mol. The monoisotopic (exact) mass is 398 g/mol. The molecule has 1 aliphatic heterocycles. The van der Waals surface area contributed by atoms with E-state index in [9.17, 15) is 9.18 Å². The number of benzene rings is 1. The van der Waals surface area contributed by atoms with Crippen LogP contribution in [-0.4, -0.2) is 56.9 Å². The number of likely N-dealkylation sites (tertiary alicyclic amines) is 1. The Morgan fingerprint density at radius 3 is 2.93 bits per heavy atom. The van der Waals surface area contributed by atoms with Gasteiger partial charge in [-0.1, -0.05) is 0 Å². The van der Waals surface area contributed by atoms with Crippen molar-refractivity contribution >= 4 is 11.7 Å². The number of fused-ring (bicyclic) bond motifs is 1. The molecule has 3 aliphatic carbocycles. The second kappa shape index (κ2) is 6.22. The Morgan fingerprint density at radius 1 is 1.28 bits per heavy atom. The van der Waals surface area contributed by atoms with Gasteiger partial charge in [-0.3, -0.25) is 0 Å². The summed E-state index contributed by atoms with van der Waals surface area (Å²) in [4.78, 5) is 15.0. The molecule has 9 heteroatoms. The molecule has 1 saturated heterocycles. The Kier molecular flexibility index (Phi) is 3.72. The van der Waals surface area contributed by atoms with E-state index in [1.807, 2.05) is 4.90 Å². The highest BCUT2D eigenvalue weighted by molar-refractivity contribution is 5.90. The molecule has 2 amide bonds. The molecule has 1 aromatic carbocycles. The van der Waals surface area contributed by atoms with Crippen LogP contribution in [0.5, 0.6) is 0 Å². The number of carbonyl (C=O) groups excluding carboxylic acids is 1. The summed E-state index contributed by atoms with van der Waals surface area (Å²) in [5, 5.41) is 14.7. The minimum atomic E-state index is -0.422. The molecule has 5 unspecified atom stereocenters. The lowest BCUT2D eigenvalue weighted by atomic mass is 9.88. The summed E-state index contributed by atoms with van der Waals surface area (Å²) < 4.78 is 21.7. The van der Waals surface area contributed by atoms with Crippen LogP contribution in [0, 0.1) is 23.6 Å². The number of ether oxygens (including phenoxy) is 1. The highest BCUT2D eigenvalue weighted by Crippen LogP contribution is 2.55. The number of nitrogens with zero attached hydrogens (tertiary/aromatic N) is 5. The number of rotatable bonds is 4. The zero-order chi connectivity index (χ0) is 19.7. The number of nitrogens with one attached hydrogen (secondary N) is 1. The van der Waals surface area contributed by atoms with Crippen LogP contribution in [0.2, 0.25) is 0 Å². The molecule has 0 spiro atoms. The third-order valence-corrected chi connectivity index (χ3v) is 7.21. The zero-order valence-corrected chi connectivity index (χ0v) is 16.2. The molecule has 2 heterocycles. The summed E-state index contributed by atoms with van der Waals surface area (Å²) in [6, 6.07) is 4.52. The summed E-state index contributed by atoms with van der Waals surface area (Å²) in [5.41, 5.74) is 0.790. The van der Waals surface area contributed by atoms with E-state index in [-0.39, 0.29) is 29.8 Å². The summed E-state index contributed by atoms with van der Waals surface area (Å²) in [7, 11) is 1.74. The Morgan fingerprint density at radius 2 is 2.14 bits per heavy atom. The van der Waals surface area contributed by atoms with Gasteiger partial charge in [0.2, 0.25) is 0 Å². The number of carbonyl (C=O) groups is 1. The van der Waals surface area contributed by atoms with Gasteiger partial charge in [-0.25, -0.2) is 9.18 Å². The highest BCUT2D eigenvalue weighted by atomic mass is 19.1. The van der Waals surface area contributed by atoms with Crippen LogP contribution in [0.15, 0.2) is 18.2 Å². The summed E-state index contributed by atoms with van der Waals surface area (Å²) in [6.45, 7) is 0.768. The third-order valence-electron chi connectivity index (χ3n) is 7.21. The van der Waals surface area contributed by atoms with Crippen molar-refractivity contribution in [2.24, 2.45) is 17.8 Å². The number of amides is 2. The number of urea groups is 1. The molecule has 29 heavy (non-hydrogen) atoms. The standard InChI is InChI=1S/C20H23FN6O2/c1-29-18-11-6-12-9-26(17(18)14(12)7-11)20(28)22-13-4-5-15(21)16(8-13)27-19(10-2-3-10)23-24-25-27/h4-5,8,10-12,14,17-18H,2-3,6-7,9H2,1H3,(H,22,28). The normalized spacial score (nSPS) is 32.2. The topological polar surface area (TPSA) is 85.2 Å². The quantitative estimate of drug-likeness (QED) is 0.856. The summed E-state index contributed by atoms with van der Waals surface area (Å²) in [5.74, 6) is 2.22. The number of aromatic nitrogens is 4. The second-order valence-corrected chi connectivity index (χ2v) is 8.82. The first-order chi connectivity index (χ1) is 14.1. The highest BCUT2D eigenvalue weighted by Gasteiger charge is 2.60. The maximum absolute atomic E-state index is 14.5. The van der Waals surface area contributed by atoms with Gasteiger partial charge in [0, 0.05) is 25.3 Å². The maximum atomic E-state index is 14.5. The molecule has 3 saturated carbocycles. The maximum Gasteiger partial charge on any atom is 0.322 e. The molecule has 1 N–H and O–H groups in total. The van der Waals surface area contributed by atoms with Gasteiger partial charge < -0.3 is 15.0 Å². The van der Waals surface area contributed by atoms with Crippen LogP contribution in [0.25, 0.3) is 5.69 Å². The van der Waals surface area contributed by atoms with Gasteiger partial charge in [0.05, 0.1) is 12.1 Å². The van der Waals surface area contributed by atoms with Gasteiger partial charge in [0.25, 0.3) is 0 Å². The fraction of sp³-hybridized carbons (Fsp3) is 0.600. The Bertz CT molecular complexity index is 974. The molecule has 2 aromatic rings. The number of methoxy groups -OCH3 is 1. The number of hydrogen-bond acceptors (Lipinski definition) is 5. The fourth-order valence-corrected chi connectivity index (χ4v) is 5.86. The third kappa shape index (κ3) is 2.59. The van der Waals surface area contributed by atoms with Crippen molar-refractivity contribution in [2.75, 3.05) is 19.0 Å². The van der Waals surface area contributed by atoms with Crippen molar-refractivity contribution in [1.82, 2.24) is 25.1 Å². The summed E-state index contributed by atoms with van der Waals surface area (Å²) >= 11 is 0. The van der Waals surface area contributed by atoms with Gasteiger partial charge in [-0.15, -0.1) is 5.10 Å². The van der Waals surface area contributed by atoms with E-state index in [1.165, 1.54) is 10.7 Å². The van der Waals surface area contributed by atoms with Crippen LogP contribution in [0.1, 0.15) is 37.4 Å². The number of tetrazole rings is 1. The average molecular weight is 398 g/mol. The SMILES string of the molecule is COC1C2CC3CN(C(=O)Nc4ccc(F)c(-n5nnnc5C5CC5)c4)C1C3C2. The van der Waals surface area contributed by atoms with Crippen LogP contribution in [0.4, 0.5) is 14.9 Å². The van der Waals surface area contributed by atoms with E-state index in [4.69, 9.17) is 4.74 Å². The van der Waals surface area contributed by atoms with E-state index in [0.29, 0.717) is 29.3 Å². The van der Waals surface area contributed by atoms with Crippen LogP contribution >= 0.6 is 0 Å². The lowest BCUT2D eigenvalue weighted by molar-refractivity contribution is 0.0202. The van der Waals surface area contributed by atoms with Crippen molar-refractivity contribution in [1.29, 1.82) is 0 Å². The van der Waals surface area contributed by atoms with Gasteiger partial charge >= 0.3 is 6.03 Å². The van der Waals surface area contributed by atoms with E-state index in [0.717, 1.165) is 32.2 Å². The smallest absolute Gasteiger partial charge is 0.322 e. The van der Waals surface area contributed by atoms with E-state index in [1.54, 1.807) is 19.2 Å².